The Morgan fingerprint density at radius 2 is 1.17 bits per heavy atom. The summed E-state index contributed by atoms with van der Waals surface area (Å²) in [7, 11) is 0. The summed E-state index contributed by atoms with van der Waals surface area (Å²) < 4.78 is 0. The van der Waals surface area contributed by atoms with E-state index in [-0.39, 0.29) is 46.6 Å². The Labute approximate surface area is 70.8 Å². The van der Waals surface area contributed by atoms with Gasteiger partial charge in [-0.05, 0) is 0 Å². The standard InChI is InChI=1S/C2H8N2.Fe.Na.H/c3-1-2-4;;;/h1-4H2;;;. The molecular weight excluding hydrogens is 131 g/mol. The van der Waals surface area contributed by atoms with Crippen LogP contribution in [0.5, 0.6) is 0 Å². The summed E-state index contributed by atoms with van der Waals surface area (Å²) >= 11 is 0. The van der Waals surface area contributed by atoms with E-state index in [2.05, 4.69) is 0 Å². The molecule has 0 aliphatic carbocycles. The molecule has 0 fully saturated rings. The summed E-state index contributed by atoms with van der Waals surface area (Å²) in [5, 5.41) is 0. The zero-order valence-corrected chi connectivity index (χ0v) is 4.03. The van der Waals surface area contributed by atoms with Crippen molar-refractivity contribution in [2.24, 2.45) is 11.5 Å². The van der Waals surface area contributed by atoms with E-state index in [1.54, 1.807) is 0 Å². The minimum absolute atomic E-state index is 0. The van der Waals surface area contributed by atoms with E-state index in [9.17, 15) is 0 Å². The Balaban J connectivity index is -0.0000000450. The van der Waals surface area contributed by atoms with E-state index < -0.39 is 0 Å². The van der Waals surface area contributed by atoms with Crippen LogP contribution in [-0.4, -0.2) is 42.6 Å². The van der Waals surface area contributed by atoms with Gasteiger partial charge in [-0.3, -0.25) is 0 Å². The predicted molar refractivity (Wildman–Crippen MR) is 25.3 cm³/mol. The van der Waals surface area contributed by atoms with Gasteiger partial charge < -0.3 is 11.5 Å². The Hall–Kier alpha value is 1.44. The molecule has 4 N–H and O–H groups in total. The second kappa shape index (κ2) is 16.1. The van der Waals surface area contributed by atoms with Crippen LogP contribution in [0.3, 0.4) is 0 Å². The average molecular weight is 140 g/mol. The van der Waals surface area contributed by atoms with Crippen LogP contribution in [0.4, 0.5) is 0 Å². The van der Waals surface area contributed by atoms with Crippen LogP contribution in [0, 0.1) is 0 Å². The van der Waals surface area contributed by atoms with Crippen molar-refractivity contribution < 1.29 is 17.1 Å². The fourth-order valence-corrected chi connectivity index (χ4v) is 0. The number of nitrogens with two attached hydrogens (primary N) is 2. The predicted octanol–water partition coefficient (Wildman–Crippen LogP) is -1.75. The first kappa shape index (κ1) is 15.7. The molecule has 0 aliphatic rings. The van der Waals surface area contributed by atoms with E-state index in [1.165, 1.54) is 0 Å². The summed E-state index contributed by atoms with van der Waals surface area (Å²) in [6, 6.07) is 0. The van der Waals surface area contributed by atoms with Crippen LogP contribution in [-0.2, 0) is 17.1 Å². The molecule has 0 atom stereocenters. The summed E-state index contributed by atoms with van der Waals surface area (Å²) in [6.45, 7) is 1.19. The Bertz CT molecular complexity index is 13.5. The molecule has 0 aromatic rings. The number of hydrogen-bond donors (Lipinski definition) is 2. The first-order valence-electron chi connectivity index (χ1n) is 1.32. The second-order valence-corrected chi connectivity index (χ2v) is 0.577. The third-order valence-electron chi connectivity index (χ3n) is 0.167. The molecule has 0 aromatic carbocycles. The van der Waals surface area contributed by atoms with E-state index >= 15 is 0 Å². The summed E-state index contributed by atoms with van der Waals surface area (Å²) in [4.78, 5) is 0. The van der Waals surface area contributed by atoms with Crippen molar-refractivity contribution in [1.29, 1.82) is 0 Å². The second-order valence-electron chi connectivity index (χ2n) is 0.577. The molecule has 4 heteroatoms. The van der Waals surface area contributed by atoms with Crippen molar-refractivity contribution in [1.82, 2.24) is 0 Å². The molecule has 0 unspecified atom stereocenters. The monoisotopic (exact) mass is 140 g/mol. The van der Waals surface area contributed by atoms with Gasteiger partial charge in [-0.2, -0.15) is 0 Å². The average Bonchev–Trinajstić information content (AvgIpc) is 1.37. The van der Waals surface area contributed by atoms with Crippen molar-refractivity contribution in [2.75, 3.05) is 13.1 Å². The molecule has 0 amide bonds. The Kier molecular flexibility index (Phi) is 42.0. The molecule has 0 saturated heterocycles. The Morgan fingerprint density at radius 1 is 1.00 bits per heavy atom. The number of hydrogen-bond acceptors (Lipinski definition) is 2. The van der Waals surface area contributed by atoms with Crippen molar-refractivity contribution in [2.45, 2.75) is 0 Å². The first-order chi connectivity index (χ1) is 1.91. The topological polar surface area (TPSA) is 52.0 Å². The summed E-state index contributed by atoms with van der Waals surface area (Å²) in [5.41, 5.74) is 9.81. The van der Waals surface area contributed by atoms with Gasteiger partial charge in [0.15, 0.2) is 0 Å². The maximum atomic E-state index is 4.90. The number of rotatable bonds is 1. The fraction of sp³-hybridized carbons (Fsp3) is 1.00. The first-order valence-corrected chi connectivity index (χ1v) is 1.32. The van der Waals surface area contributed by atoms with Crippen LogP contribution in [0.2, 0.25) is 0 Å². The van der Waals surface area contributed by atoms with Crippen molar-refractivity contribution in [3.05, 3.63) is 0 Å². The van der Waals surface area contributed by atoms with Crippen LogP contribution >= 0.6 is 0 Å². The van der Waals surface area contributed by atoms with Gasteiger partial charge in [-0.1, -0.05) is 0 Å². The van der Waals surface area contributed by atoms with Crippen LogP contribution in [0.1, 0.15) is 0 Å². The minimum atomic E-state index is 0. The van der Waals surface area contributed by atoms with E-state index in [0.717, 1.165) is 0 Å². The van der Waals surface area contributed by atoms with Crippen LogP contribution < -0.4 is 11.5 Å². The zero-order chi connectivity index (χ0) is 3.41. The fourth-order valence-electron chi connectivity index (χ4n) is 0. The normalized spacial score (nSPS) is 5.00. The molecule has 0 aromatic heterocycles. The van der Waals surface area contributed by atoms with E-state index in [4.69, 9.17) is 11.5 Å². The summed E-state index contributed by atoms with van der Waals surface area (Å²) in [6.07, 6.45) is 0. The van der Waals surface area contributed by atoms with E-state index in [0.29, 0.717) is 13.1 Å². The molecule has 0 radical (unpaired) electrons. The van der Waals surface area contributed by atoms with Gasteiger partial charge in [0.25, 0.3) is 0 Å². The maximum absolute atomic E-state index is 4.90. The molecule has 0 aliphatic heterocycles. The van der Waals surface area contributed by atoms with Gasteiger partial charge in [0.2, 0.25) is 0 Å². The van der Waals surface area contributed by atoms with Gasteiger partial charge >= 0.3 is 29.6 Å². The Morgan fingerprint density at radius 3 is 1.17 bits per heavy atom. The molecule has 0 spiro atoms. The van der Waals surface area contributed by atoms with Crippen molar-refractivity contribution >= 4 is 29.6 Å². The third kappa shape index (κ3) is 18.0. The van der Waals surface area contributed by atoms with Gasteiger partial charge in [0.05, 0.1) is 0 Å². The van der Waals surface area contributed by atoms with Crippen molar-refractivity contribution in [3.8, 4) is 0 Å². The quantitative estimate of drug-likeness (QED) is 0.424. The zero-order valence-electron chi connectivity index (χ0n) is 2.92. The van der Waals surface area contributed by atoms with Gasteiger partial charge in [0.1, 0.15) is 0 Å². The van der Waals surface area contributed by atoms with Crippen LogP contribution in [0.15, 0.2) is 0 Å². The molecule has 36 valence electrons. The van der Waals surface area contributed by atoms with Gasteiger partial charge in [0, 0.05) is 30.2 Å². The molecule has 0 rings (SSSR count). The molecule has 0 bridgehead atoms. The molecule has 0 saturated carbocycles. The summed E-state index contributed by atoms with van der Waals surface area (Å²) in [5.74, 6) is 0. The van der Waals surface area contributed by atoms with Gasteiger partial charge in [-0.25, -0.2) is 0 Å². The van der Waals surface area contributed by atoms with Crippen molar-refractivity contribution in [3.63, 3.8) is 0 Å². The van der Waals surface area contributed by atoms with Gasteiger partial charge in [-0.15, -0.1) is 0 Å². The third-order valence-corrected chi connectivity index (χ3v) is 0.167. The molecular formula is C2H9FeN2Na. The van der Waals surface area contributed by atoms with Crippen LogP contribution in [0.25, 0.3) is 0 Å². The molecule has 0 heterocycles. The SMILES string of the molecule is NCCN.[Fe].[NaH]. The molecule has 6 heavy (non-hydrogen) atoms. The van der Waals surface area contributed by atoms with E-state index in [1.807, 2.05) is 0 Å². The molecule has 2 nitrogen and oxygen atoms in total.